The van der Waals surface area contributed by atoms with Crippen LogP contribution in [0.5, 0.6) is 5.75 Å². The molecule has 0 bridgehead atoms. The number of rotatable bonds is 8. The number of amides is 2. The number of benzene rings is 2. The summed E-state index contributed by atoms with van der Waals surface area (Å²) >= 11 is 0. The lowest BCUT2D eigenvalue weighted by Gasteiger charge is -2.09. The lowest BCUT2D eigenvalue weighted by atomic mass is 10.1. The number of aliphatic carboxylic acids is 1. The largest absolute Gasteiger partial charge is 0.550 e. The van der Waals surface area contributed by atoms with Crippen molar-refractivity contribution in [2.45, 2.75) is 19.3 Å². The summed E-state index contributed by atoms with van der Waals surface area (Å²) in [6.07, 6.45) is 0.151. The minimum Gasteiger partial charge on any atom is -0.550 e. The van der Waals surface area contributed by atoms with E-state index in [1.54, 1.807) is 55.6 Å². The SMILES string of the molecule is COc1cccc(NC(=O)c2ccc(NC(=O)CCCC(=O)[O-])cc2)c1. The van der Waals surface area contributed by atoms with Gasteiger partial charge in [0, 0.05) is 35.4 Å². The fourth-order valence-corrected chi connectivity index (χ4v) is 2.23. The Hall–Kier alpha value is -3.35. The molecular formula is C19H19N2O5-. The Morgan fingerprint density at radius 1 is 0.962 bits per heavy atom. The van der Waals surface area contributed by atoms with E-state index in [-0.39, 0.29) is 31.1 Å². The predicted molar refractivity (Wildman–Crippen MR) is 94.9 cm³/mol. The standard InChI is InChI=1S/C19H20N2O5/c1-26-16-5-2-4-15(12-16)21-19(25)13-8-10-14(11-9-13)20-17(22)6-3-7-18(23)24/h2,4-5,8-12H,3,6-7H2,1H3,(H,20,22)(H,21,25)(H,23,24)/p-1. The average Bonchev–Trinajstić information content (AvgIpc) is 2.62. The quantitative estimate of drug-likeness (QED) is 0.751. The molecule has 0 aliphatic carbocycles. The van der Waals surface area contributed by atoms with Crippen molar-refractivity contribution in [1.29, 1.82) is 0 Å². The number of carbonyl (C=O) groups is 3. The summed E-state index contributed by atoms with van der Waals surface area (Å²) < 4.78 is 5.11. The molecule has 2 rings (SSSR count). The Balaban J connectivity index is 1.90. The molecular weight excluding hydrogens is 336 g/mol. The maximum absolute atomic E-state index is 12.3. The summed E-state index contributed by atoms with van der Waals surface area (Å²) in [5.41, 5.74) is 1.57. The topological polar surface area (TPSA) is 108 Å². The van der Waals surface area contributed by atoms with Gasteiger partial charge in [0.25, 0.3) is 5.91 Å². The summed E-state index contributed by atoms with van der Waals surface area (Å²) in [5.74, 6) is -1.12. The van der Waals surface area contributed by atoms with Crippen LogP contribution < -0.4 is 20.5 Å². The number of anilines is 2. The van der Waals surface area contributed by atoms with Gasteiger partial charge < -0.3 is 25.3 Å². The number of carboxylic acid groups (broad SMARTS) is 1. The van der Waals surface area contributed by atoms with Gasteiger partial charge in [-0.05, 0) is 49.2 Å². The first kappa shape index (κ1) is 19.0. The van der Waals surface area contributed by atoms with Gasteiger partial charge in [-0.25, -0.2) is 0 Å². The molecule has 0 heterocycles. The summed E-state index contributed by atoms with van der Waals surface area (Å²) in [4.78, 5) is 34.3. The molecule has 2 aromatic rings. The smallest absolute Gasteiger partial charge is 0.255 e. The van der Waals surface area contributed by atoms with Gasteiger partial charge in [-0.2, -0.15) is 0 Å². The highest BCUT2D eigenvalue weighted by Crippen LogP contribution is 2.18. The Morgan fingerprint density at radius 2 is 1.69 bits per heavy atom. The van der Waals surface area contributed by atoms with Crippen molar-refractivity contribution < 1.29 is 24.2 Å². The zero-order valence-corrected chi connectivity index (χ0v) is 14.3. The van der Waals surface area contributed by atoms with Crippen LogP contribution in [0.25, 0.3) is 0 Å². The molecule has 2 amide bonds. The summed E-state index contributed by atoms with van der Waals surface area (Å²) in [6.45, 7) is 0. The van der Waals surface area contributed by atoms with Gasteiger partial charge in [0.2, 0.25) is 5.91 Å². The van der Waals surface area contributed by atoms with Gasteiger partial charge >= 0.3 is 0 Å². The first-order valence-corrected chi connectivity index (χ1v) is 8.03. The molecule has 0 aliphatic heterocycles. The minimum absolute atomic E-state index is 0.0893. The van der Waals surface area contributed by atoms with E-state index < -0.39 is 5.97 Å². The monoisotopic (exact) mass is 355 g/mol. The molecule has 7 nitrogen and oxygen atoms in total. The number of nitrogens with one attached hydrogen (secondary N) is 2. The second kappa shape index (κ2) is 9.22. The van der Waals surface area contributed by atoms with Crippen LogP contribution in [-0.4, -0.2) is 24.9 Å². The molecule has 0 saturated carbocycles. The Morgan fingerprint density at radius 3 is 2.35 bits per heavy atom. The second-order valence-corrected chi connectivity index (χ2v) is 5.54. The normalized spacial score (nSPS) is 10.0. The van der Waals surface area contributed by atoms with E-state index >= 15 is 0 Å². The lowest BCUT2D eigenvalue weighted by molar-refractivity contribution is -0.305. The molecule has 0 aromatic heterocycles. The van der Waals surface area contributed by atoms with Gasteiger partial charge in [-0.15, -0.1) is 0 Å². The van der Waals surface area contributed by atoms with Crippen molar-refractivity contribution in [1.82, 2.24) is 0 Å². The number of carbonyl (C=O) groups excluding carboxylic acids is 3. The molecule has 136 valence electrons. The summed E-state index contributed by atoms with van der Waals surface area (Å²) in [7, 11) is 1.55. The second-order valence-electron chi connectivity index (χ2n) is 5.54. The minimum atomic E-state index is -1.18. The molecule has 7 heteroatoms. The van der Waals surface area contributed by atoms with Crippen molar-refractivity contribution in [2.24, 2.45) is 0 Å². The summed E-state index contributed by atoms with van der Waals surface area (Å²) in [5, 5.41) is 15.7. The fourth-order valence-electron chi connectivity index (χ4n) is 2.23. The third-order valence-electron chi connectivity index (χ3n) is 3.54. The van der Waals surface area contributed by atoms with Crippen LogP contribution in [0.4, 0.5) is 11.4 Å². The van der Waals surface area contributed by atoms with Gasteiger partial charge in [-0.3, -0.25) is 9.59 Å². The van der Waals surface area contributed by atoms with E-state index in [2.05, 4.69) is 10.6 Å². The molecule has 0 saturated heterocycles. The molecule has 0 spiro atoms. The van der Waals surface area contributed by atoms with Crippen LogP contribution in [0, 0.1) is 0 Å². The maximum Gasteiger partial charge on any atom is 0.255 e. The van der Waals surface area contributed by atoms with Crippen molar-refractivity contribution in [3.8, 4) is 5.75 Å². The zero-order valence-electron chi connectivity index (χ0n) is 14.3. The van der Waals surface area contributed by atoms with Gasteiger partial charge in [0.05, 0.1) is 7.11 Å². The number of hydrogen-bond acceptors (Lipinski definition) is 5. The lowest BCUT2D eigenvalue weighted by Crippen LogP contribution is -2.22. The third kappa shape index (κ3) is 5.94. The van der Waals surface area contributed by atoms with Crippen LogP contribution in [-0.2, 0) is 9.59 Å². The third-order valence-corrected chi connectivity index (χ3v) is 3.54. The molecule has 0 radical (unpaired) electrons. The number of carboxylic acids is 1. The van der Waals surface area contributed by atoms with E-state index in [1.807, 2.05) is 0 Å². The van der Waals surface area contributed by atoms with Gasteiger partial charge in [0.1, 0.15) is 5.75 Å². The van der Waals surface area contributed by atoms with Gasteiger partial charge in [-0.1, -0.05) is 6.07 Å². The van der Waals surface area contributed by atoms with Crippen molar-refractivity contribution in [3.05, 3.63) is 54.1 Å². The average molecular weight is 355 g/mol. The number of hydrogen-bond donors (Lipinski definition) is 2. The first-order chi connectivity index (χ1) is 12.5. The molecule has 2 aromatic carbocycles. The molecule has 26 heavy (non-hydrogen) atoms. The molecule has 0 fully saturated rings. The molecule has 0 atom stereocenters. The Labute approximate surface area is 151 Å². The van der Waals surface area contributed by atoms with E-state index in [9.17, 15) is 19.5 Å². The predicted octanol–water partition coefficient (Wildman–Crippen LogP) is 1.81. The zero-order chi connectivity index (χ0) is 18.9. The van der Waals surface area contributed by atoms with Crippen molar-refractivity contribution >= 4 is 29.2 Å². The Kier molecular flexibility index (Phi) is 6.73. The Bertz CT molecular complexity index is 787. The van der Waals surface area contributed by atoms with Crippen LogP contribution >= 0.6 is 0 Å². The van der Waals surface area contributed by atoms with Crippen LogP contribution in [0.15, 0.2) is 48.5 Å². The highest BCUT2D eigenvalue weighted by molar-refractivity contribution is 6.04. The van der Waals surface area contributed by atoms with Crippen LogP contribution in [0.2, 0.25) is 0 Å². The fraction of sp³-hybridized carbons (Fsp3) is 0.211. The molecule has 0 aliphatic rings. The van der Waals surface area contributed by atoms with Crippen molar-refractivity contribution in [2.75, 3.05) is 17.7 Å². The van der Waals surface area contributed by atoms with E-state index in [1.165, 1.54) is 0 Å². The van der Waals surface area contributed by atoms with E-state index in [0.717, 1.165) is 0 Å². The maximum atomic E-state index is 12.3. The van der Waals surface area contributed by atoms with E-state index in [4.69, 9.17) is 4.74 Å². The first-order valence-electron chi connectivity index (χ1n) is 8.03. The highest BCUT2D eigenvalue weighted by Gasteiger charge is 2.08. The summed E-state index contributed by atoms with van der Waals surface area (Å²) in [6, 6.07) is 13.4. The van der Waals surface area contributed by atoms with Crippen LogP contribution in [0.3, 0.4) is 0 Å². The van der Waals surface area contributed by atoms with Gasteiger partial charge in [0.15, 0.2) is 0 Å². The number of methoxy groups -OCH3 is 1. The van der Waals surface area contributed by atoms with E-state index in [0.29, 0.717) is 22.7 Å². The highest BCUT2D eigenvalue weighted by atomic mass is 16.5. The van der Waals surface area contributed by atoms with Crippen LogP contribution in [0.1, 0.15) is 29.6 Å². The number of ether oxygens (including phenoxy) is 1. The molecule has 2 N–H and O–H groups in total. The molecule has 0 unspecified atom stereocenters. The van der Waals surface area contributed by atoms with Crippen molar-refractivity contribution in [3.63, 3.8) is 0 Å².